The molecule has 0 aliphatic carbocycles. The first-order valence-corrected chi connectivity index (χ1v) is 11.5. The Bertz CT molecular complexity index is 728. The molecule has 2 N–H and O–H groups in total. The second-order valence-corrected chi connectivity index (χ2v) is 9.76. The minimum atomic E-state index is -3.38. The van der Waals surface area contributed by atoms with Gasteiger partial charge in [-0.05, 0) is 68.3 Å². The maximum absolute atomic E-state index is 12.5. The number of amides is 1. The SMILES string of the molecule is CC(CC(=O)NCc1ccc(S(=O)(=O)N2CCCC2)cc1)C1CCCNC1.Cl. The Morgan fingerprint density at radius 2 is 1.89 bits per heavy atom. The number of carbonyl (C=O) groups is 1. The third kappa shape index (κ3) is 5.92. The summed E-state index contributed by atoms with van der Waals surface area (Å²) in [5, 5.41) is 6.36. The van der Waals surface area contributed by atoms with Gasteiger partial charge in [0.2, 0.25) is 15.9 Å². The number of halogens is 1. The van der Waals surface area contributed by atoms with E-state index in [-0.39, 0.29) is 18.3 Å². The summed E-state index contributed by atoms with van der Waals surface area (Å²) in [7, 11) is -3.38. The van der Waals surface area contributed by atoms with Gasteiger partial charge in [0, 0.05) is 26.1 Å². The number of nitrogens with one attached hydrogen (secondary N) is 2. The molecule has 2 aliphatic rings. The van der Waals surface area contributed by atoms with E-state index in [4.69, 9.17) is 0 Å². The number of benzene rings is 1. The van der Waals surface area contributed by atoms with Gasteiger partial charge in [-0.15, -0.1) is 12.4 Å². The van der Waals surface area contributed by atoms with Gasteiger partial charge in [-0.1, -0.05) is 19.1 Å². The molecule has 2 saturated heterocycles. The molecule has 2 fully saturated rings. The van der Waals surface area contributed by atoms with E-state index in [1.807, 2.05) is 0 Å². The molecule has 3 rings (SSSR count). The summed E-state index contributed by atoms with van der Waals surface area (Å²) in [5.41, 5.74) is 0.913. The van der Waals surface area contributed by atoms with Gasteiger partial charge >= 0.3 is 0 Å². The van der Waals surface area contributed by atoms with Crippen molar-refractivity contribution < 1.29 is 13.2 Å². The molecular weight excluding hydrogens is 398 g/mol. The van der Waals surface area contributed by atoms with Gasteiger partial charge in [-0.25, -0.2) is 8.42 Å². The average Bonchev–Trinajstić information content (AvgIpc) is 3.23. The van der Waals surface area contributed by atoms with Gasteiger partial charge in [0.15, 0.2) is 0 Å². The van der Waals surface area contributed by atoms with E-state index in [0.717, 1.165) is 31.5 Å². The van der Waals surface area contributed by atoms with Crippen molar-refractivity contribution in [3.63, 3.8) is 0 Å². The standard InChI is InChI=1S/C20H31N3O3S.ClH/c1-16(18-5-4-10-21-15-18)13-20(24)22-14-17-6-8-19(9-7-17)27(25,26)23-11-2-3-12-23;/h6-9,16,18,21H,2-5,10-15H2,1H3,(H,22,24);1H. The molecule has 2 unspecified atom stereocenters. The number of hydrogen-bond acceptors (Lipinski definition) is 4. The van der Waals surface area contributed by atoms with E-state index in [1.54, 1.807) is 28.6 Å². The number of rotatable bonds is 7. The molecule has 8 heteroatoms. The molecule has 158 valence electrons. The molecule has 2 atom stereocenters. The Morgan fingerprint density at radius 1 is 1.21 bits per heavy atom. The molecule has 1 amide bonds. The van der Waals surface area contributed by atoms with Crippen LogP contribution in [0.1, 0.15) is 44.6 Å². The maximum atomic E-state index is 12.5. The molecule has 0 spiro atoms. The van der Waals surface area contributed by atoms with E-state index in [0.29, 0.717) is 42.8 Å². The van der Waals surface area contributed by atoms with Crippen LogP contribution >= 0.6 is 12.4 Å². The highest BCUT2D eigenvalue weighted by molar-refractivity contribution is 7.89. The van der Waals surface area contributed by atoms with E-state index in [9.17, 15) is 13.2 Å². The second-order valence-electron chi connectivity index (χ2n) is 7.82. The van der Waals surface area contributed by atoms with Crippen molar-refractivity contribution in [2.75, 3.05) is 26.2 Å². The monoisotopic (exact) mass is 429 g/mol. The van der Waals surface area contributed by atoms with Crippen LogP contribution in [0.5, 0.6) is 0 Å². The number of hydrogen-bond donors (Lipinski definition) is 2. The molecule has 0 bridgehead atoms. The van der Waals surface area contributed by atoms with Crippen molar-refractivity contribution in [2.24, 2.45) is 11.8 Å². The quantitative estimate of drug-likeness (QED) is 0.698. The first-order chi connectivity index (χ1) is 13.0. The Balaban J connectivity index is 0.00000280. The zero-order chi connectivity index (χ0) is 19.3. The van der Waals surface area contributed by atoms with Crippen LogP contribution in [0.4, 0.5) is 0 Å². The van der Waals surface area contributed by atoms with Crippen LogP contribution in [-0.4, -0.2) is 44.8 Å². The van der Waals surface area contributed by atoms with Crippen molar-refractivity contribution >= 4 is 28.3 Å². The molecule has 28 heavy (non-hydrogen) atoms. The largest absolute Gasteiger partial charge is 0.352 e. The lowest BCUT2D eigenvalue weighted by molar-refractivity contribution is -0.122. The number of piperidine rings is 1. The lowest BCUT2D eigenvalue weighted by Gasteiger charge is -2.28. The van der Waals surface area contributed by atoms with Crippen LogP contribution in [0.25, 0.3) is 0 Å². The van der Waals surface area contributed by atoms with Crippen molar-refractivity contribution in [2.45, 2.75) is 50.5 Å². The minimum Gasteiger partial charge on any atom is -0.352 e. The van der Waals surface area contributed by atoms with E-state index < -0.39 is 10.0 Å². The van der Waals surface area contributed by atoms with Crippen molar-refractivity contribution in [3.8, 4) is 0 Å². The molecule has 2 aliphatic heterocycles. The molecule has 2 heterocycles. The molecule has 0 saturated carbocycles. The van der Waals surface area contributed by atoms with Crippen LogP contribution in [-0.2, 0) is 21.4 Å². The lowest BCUT2D eigenvalue weighted by atomic mass is 9.85. The van der Waals surface area contributed by atoms with Crippen molar-refractivity contribution in [1.82, 2.24) is 14.9 Å². The normalized spacial score (nSPS) is 21.7. The van der Waals surface area contributed by atoms with Crippen LogP contribution in [0.2, 0.25) is 0 Å². The highest BCUT2D eigenvalue weighted by Gasteiger charge is 2.27. The molecule has 6 nitrogen and oxygen atoms in total. The maximum Gasteiger partial charge on any atom is 0.243 e. The van der Waals surface area contributed by atoms with E-state index >= 15 is 0 Å². The van der Waals surface area contributed by atoms with Crippen LogP contribution < -0.4 is 10.6 Å². The second kappa shape index (κ2) is 10.6. The average molecular weight is 430 g/mol. The zero-order valence-corrected chi connectivity index (χ0v) is 18.2. The fraction of sp³-hybridized carbons (Fsp3) is 0.650. The Hall–Kier alpha value is -1.15. The summed E-state index contributed by atoms with van der Waals surface area (Å²) in [6, 6.07) is 6.87. The fourth-order valence-corrected chi connectivity index (χ4v) is 5.47. The molecule has 1 aromatic rings. The zero-order valence-electron chi connectivity index (χ0n) is 16.5. The summed E-state index contributed by atoms with van der Waals surface area (Å²) < 4.78 is 26.6. The Kier molecular flexibility index (Phi) is 8.74. The van der Waals surface area contributed by atoms with Gasteiger partial charge in [-0.2, -0.15) is 4.31 Å². The van der Waals surface area contributed by atoms with Crippen molar-refractivity contribution in [3.05, 3.63) is 29.8 Å². The van der Waals surface area contributed by atoms with Gasteiger partial charge in [-0.3, -0.25) is 4.79 Å². The highest BCUT2D eigenvalue weighted by atomic mass is 35.5. The van der Waals surface area contributed by atoms with Crippen LogP contribution in [0, 0.1) is 11.8 Å². The summed E-state index contributed by atoms with van der Waals surface area (Å²) in [5.74, 6) is 0.993. The fourth-order valence-electron chi connectivity index (χ4n) is 3.95. The predicted octanol–water partition coefficient (Wildman–Crippen LogP) is 2.53. The van der Waals surface area contributed by atoms with Gasteiger partial charge in [0.25, 0.3) is 0 Å². The number of nitrogens with zero attached hydrogens (tertiary/aromatic N) is 1. The Morgan fingerprint density at radius 3 is 2.50 bits per heavy atom. The van der Waals surface area contributed by atoms with Gasteiger partial charge in [0.1, 0.15) is 0 Å². The summed E-state index contributed by atoms with van der Waals surface area (Å²) in [6.45, 7) is 5.87. The number of sulfonamides is 1. The third-order valence-electron chi connectivity index (χ3n) is 5.76. The molecule has 0 aromatic heterocycles. The summed E-state index contributed by atoms with van der Waals surface area (Å²) in [6.07, 6.45) is 4.77. The van der Waals surface area contributed by atoms with Crippen LogP contribution in [0.3, 0.4) is 0 Å². The highest BCUT2D eigenvalue weighted by Crippen LogP contribution is 2.23. The summed E-state index contributed by atoms with van der Waals surface area (Å²) >= 11 is 0. The van der Waals surface area contributed by atoms with Gasteiger partial charge < -0.3 is 10.6 Å². The predicted molar refractivity (Wildman–Crippen MR) is 113 cm³/mol. The molecular formula is C20H32ClN3O3S. The molecule has 0 radical (unpaired) electrons. The van der Waals surface area contributed by atoms with E-state index in [2.05, 4.69) is 17.6 Å². The molecule has 1 aromatic carbocycles. The van der Waals surface area contributed by atoms with E-state index in [1.165, 1.54) is 12.8 Å². The lowest BCUT2D eigenvalue weighted by Crippen LogP contribution is -2.35. The van der Waals surface area contributed by atoms with Crippen LogP contribution in [0.15, 0.2) is 29.2 Å². The third-order valence-corrected chi connectivity index (χ3v) is 7.68. The first kappa shape index (κ1) is 23.1. The minimum absolute atomic E-state index is 0. The van der Waals surface area contributed by atoms with Crippen molar-refractivity contribution in [1.29, 1.82) is 0 Å². The Labute approximate surface area is 174 Å². The number of carbonyl (C=O) groups excluding carboxylic acids is 1. The summed E-state index contributed by atoms with van der Waals surface area (Å²) in [4.78, 5) is 12.6. The van der Waals surface area contributed by atoms with Gasteiger partial charge in [0.05, 0.1) is 4.90 Å². The first-order valence-electron chi connectivity index (χ1n) is 10.0. The topological polar surface area (TPSA) is 78.5 Å². The smallest absolute Gasteiger partial charge is 0.243 e.